The van der Waals surface area contributed by atoms with Gasteiger partial charge in [0.1, 0.15) is 5.69 Å². The summed E-state index contributed by atoms with van der Waals surface area (Å²) < 4.78 is 7.17. The number of nitrogens with zero attached hydrogens (tertiary/aromatic N) is 4. The summed E-state index contributed by atoms with van der Waals surface area (Å²) in [4.78, 5) is 19.5. The number of likely N-dealkylation sites (tertiary alicyclic amines) is 1. The second kappa shape index (κ2) is 7.57. The van der Waals surface area contributed by atoms with Gasteiger partial charge in [0, 0.05) is 19.3 Å². The van der Waals surface area contributed by atoms with Gasteiger partial charge in [0.2, 0.25) is 0 Å². The lowest BCUT2D eigenvalue weighted by Crippen LogP contribution is -2.33. The maximum absolute atomic E-state index is 13.1. The van der Waals surface area contributed by atoms with Crippen LogP contribution in [-0.4, -0.2) is 45.3 Å². The third-order valence-electron chi connectivity index (χ3n) is 4.32. The number of amides is 1. The largest absolute Gasteiger partial charge is 0.380 e. The number of carbonyl (C=O) groups excluding carboxylic acids is 1. The highest BCUT2D eigenvalue weighted by Gasteiger charge is 2.33. The highest BCUT2D eigenvalue weighted by molar-refractivity contribution is 5.93. The average Bonchev–Trinajstić information content (AvgIpc) is 3.22. The van der Waals surface area contributed by atoms with Crippen molar-refractivity contribution in [2.45, 2.75) is 39.3 Å². The molecule has 0 saturated carbocycles. The first kappa shape index (κ1) is 16.6. The summed E-state index contributed by atoms with van der Waals surface area (Å²) in [6.45, 7) is 6.44. The Morgan fingerprint density at radius 3 is 3.04 bits per heavy atom. The normalized spacial score (nSPS) is 17.4. The monoisotopic (exact) mass is 328 g/mol. The molecule has 0 unspecified atom stereocenters. The molecular formula is C18H24N4O2. The first-order chi connectivity index (χ1) is 11.7. The van der Waals surface area contributed by atoms with Crippen molar-refractivity contribution in [3.05, 3.63) is 47.5 Å². The van der Waals surface area contributed by atoms with Crippen LogP contribution in [0.15, 0.2) is 30.5 Å². The van der Waals surface area contributed by atoms with Gasteiger partial charge in [-0.3, -0.25) is 14.5 Å². The molecular weight excluding hydrogens is 304 g/mol. The number of carbonyl (C=O) groups is 1. The Bertz CT molecular complexity index is 684. The minimum Gasteiger partial charge on any atom is -0.380 e. The van der Waals surface area contributed by atoms with Gasteiger partial charge in [0.15, 0.2) is 0 Å². The third kappa shape index (κ3) is 3.48. The van der Waals surface area contributed by atoms with Crippen LogP contribution in [0.3, 0.4) is 0 Å². The number of pyridine rings is 1. The van der Waals surface area contributed by atoms with Crippen molar-refractivity contribution in [3.63, 3.8) is 0 Å². The molecule has 1 aliphatic heterocycles. The van der Waals surface area contributed by atoms with E-state index in [2.05, 4.69) is 10.1 Å². The van der Waals surface area contributed by atoms with E-state index in [1.165, 1.54) is 0 Å². The van der Waals surface area contributed by atoms with E-state index in [9.17, 15) is 4.79 Å². The van der Waals surface area contributed by atoms with Gasteiger partial charge in [0.05, 0.1) is 30.6 Å². The summed E-state index contributed by atoms with van der Waals surface area (Å²) >= 11 is 0. The lowest BCUT2D eigenvalue weighted by molar-refractivity contribution is 0.0715. The number of ether oxygens (including phenoxy) is 1. The van der Waals surface area contributed by atoms with Crippen molar-refractivity contribution in [2.24, 2.45) is 0 Å². The number of aromatic nitrogens is 3. The fourth-order valence-electron chi connectivity index (χ4n) is 3.22. The Morgan fingerprint density at radius 2 is 2.29 bits per heavy atom. The van der Waals surface area contributed by atoms with E-state index in [4.69, 9.17) is 4.74 Å². The molecule has 0 N–H and O–H groups in total. The molecule has 0 spiro atoms. The fourth-order valence-corrected chi connectivity index (χ4v) is 3.22. The van der Waals surface area contributed by atoms with E-state index >= 15 is 0 Å². The van der Waals surface area contributed by atoms with E-state index in [0.29, 0.717) is 25.5 Å². The summed E-state index contributed by atoms with van der Waals surface area (Å²) in [7, 11) is 0. The topological polar surface area (TPSA) is 60.3 Å². The van der Waals surface area contributed by atoms with Crippen LogP contribution in [0.5, 0.6) is 0 Å². The first-order valence-corrected chi connectivity index (χ1v) is 8.54. The summed E-state index contributed by atoms with van der Waals surface area (Å²) in [5.41, 5.74) is 2.44. The van der Waals surface area contributed by atoms with E-state index in [1.54, 1.807) is 10.9 Å². The molecule has 0 aromatic carbocycles. The molecule has 6 heteroatoms. The Kier molecular flexibility index (Phi) is 5.25. The molecule has 1 aliphatic rings. The van der Waals surface area contributed by atoms with E-state index in [1.807, 2.05) is 43.0 Å². The van der Waals surface area contributed by atoms with Crippen molar-refractivity contribution in [1.29, 1.82) is 0 Å². The molecule has 3 rings (SSSR count). The van der Waals surface area contributed by atoms with Crippen LogP contribution in [-0.2, 0) is 11.3 Å². The molecule has 1 atom stereocenters. The van der Waals surface area contributed by atoms with Gasteiger partial charge < -0.3 is 9.64 Å². The van der Waals surface area contributed by atoms with Crippen molar-refractivity contribution in [1.82, 2.24) is 19.7 Å². The van der Waals surface area contributed by atoms with Crippen LogP contribution in [0, 0.1) is 6.92 Å². The molecule has 6 nitrogen and oxygen atoms in total. The lowest BCUT2D eigenvalue weighted by Gasteiger charge is -2.24. The quantitative estimate of drug-likeness (QED) is 0.765. The molecule has 1 amide bonds. The number of rotatable bonds is 6. The van der Waals surface area contributed by atoms with Crippen LogP contribution >= 0.6 is 0 Å². The Balaban J connectivity index is 1.80. The second-order valence-corrected chi connectivity index (χ2v) is 6.00. The Hall–Kier alpha value is -2.21. The van der Waals surface area contributed by atoms with Gasteiger partial charge >= 0.3 is 0 Å². The molecule has 0 bridgehead atoms. The highest BCUT2D eigenvalue weighted by atomic mass is 16.5. The zero-order valence-electron chi connectivity index (χ0n) is 14.3. The van der Waals surface area contributed by atoms with Gasteiger partial charge in [-0.1, -0.05) is 6.07 Å². The third-order valence-corrected chi connectivity index (χ3v) is 4.32. The molecule has 1 fully saturated rings. The molecule has 0 aliphatic carbocycles. The predicted molar refractivity (Wildman–Crippen MR) is 90.7 cm³/mol. The van der Waals surface area contributed by atoms with Crippen LogP contribution in [0.2, 0.25) is 0 Å². The van der Waals surface area contributed by atoms with E-state index in [0.717, 1.165) is 30.8 Å². The zero-order chi connectivity index (χ0) is 16.9. The van der Waals surface area contributed by atoms with E-state index < -0.39 is 0 Å². The Labute approximate surface area is 142 Å². The highest BCUT2D eigenvalue weighted by Crippen LogP contribution is 2.31. The zero-order valence-corrected chi connectivity index (χ0v) is 14.3. The molecule has 24 heavy (non-hydrogen) atoms. The van der Waals surface area contributed by atoms with Crippen molar-refractivity contribution in [2.75, 3.05) is 19.8 Å². The number of aryl methyl sites for hydroxylation is 1. The maximum atomic E-state index is 13.1. The van der Waals surface area contributed by atoms with Gasteiger partial charge in [0.25, 0.3) is 5.91 Å². The van der Waals surface area contributed by atoms with Gasteiger partial charge in [-0.2, -0.15) is 5.10 Å². The standard InChI is InChI=1S/C18H24N4O2/c1-3-24-12-11-22-17(13-14(2)20-22)18(23)21-10-6-8-16(21)15-7-4-5-9-19-15/h4-5,7,9,13,16H,3,6,8,10-12H2,1-2H3/t16-/m1/s1. The lowest BCUT2D eigenvalue weighted by atomic mass is 10.1. The summed E-state index contributed by atoms with van der Waals surface area (Å²) in [6, 6.07) is 7.78. The van der Waals surface area contributed by atoms with Crippen LogP contribution in [0.1, 0.15) is 47.7 Å². The van der Waals surface area contributed by atoms with E-state index in [-0.39, 0.29) is 11.9 Å². The van der Waals surface area contributed by atoms with Crippen molar-refractivity contribution >= 4 is 5.91 Å². The predicted octanol–water partition coefficient (Wildman–Crippen LogP) is 2.60. The van der Waals surface area contributed by atoms with Crippen molar-refractivity contribution in [3.8, 4) is 0 Å². The Morgan fingerprint density at radius 1 is 1.42 bits per heavy atom. The second-order valence-electron chi connectivity index (χ2n) is 6.00. The molecule has 128 valence electrons. The van der Waals surface area contributed by atoms with Crippen LogP contribution in [0.25, 0.3) is 0 Å². The minimum absolute atomic E-state index is 0.0280. The summed E-state index contributed by atoms with van der Waals surface area (Å²) in [6.07, 6.45) is 3.74. The molecule has 1 saturated heterocycles. The van der Waals surface area contributed by atoms with Crippen LogP contribution in [0.4, 0.5) is 0 Å². The smallest absolute Gasteiger partial charge is 0.272 e. The SMILES string of the molecule is CCOCCn1nc(C)cc1C(=O)N1CCC[C@@H]1c1ccccn1. The van der Waals surface area contributed by atoms with Crippen LogP contribution < -0.4 is 0 Å². The van der Waals surface area contributed by atoms with Gasteiger partial charge in [-0.25, -0.2) is 0 Å². The van der Waals surface area contributed by atoms with Gasteiger partial charge in [-0.15, -0.1) is 0 Å². The van der Waals surface area contributed by atoms with Gasteiger partial charge in [-0.05, 0) is 44.9 Å². The number of hydrogen-bond donors (Lipinski definition) is 0. The fraction of sp³-hybridized carbons (Fsp3) is 0.500. The molecule has 2 aromatic heterocycles. The summed E-state index contributed by atoms with van der Waals surface area (Å²) in [5.74, 6) is 0.0280. The summed E-state index contributed by atoms with van der Waals surface area (Å²) in [5, 5.41) is 4.45. The molecule has 3 heterocycles. The first-order valence-electron chi connectivity index (χ1n) is 8.54. The maximum Gasteiger partial charge on any atom is 0.272 e. The minimum atomic E-state index is 0.0280. The van der Waals surface area contributed by atoms with Crippen molar-refractivity contribution < 1.29 is 9.53 Å². The molecule has 0 radical (unpaired) electrons. The number of hydrogen-bond acceptors (Lipinski definition) is 4. The molecule has 2 aromatic rings. The average molecular weight is 328 g/mol.